The van der Waals surface area contributed by atoms with Crippen molar-refractivity contribution >= 4 is 35.7 Å². The minimum Gasteiger partial charge on any atom is -0.493 e. The molecule has 0 radical (unpaired) electrons. The van der Waals surface area contributed by atoms with E-state index in [1.165, 1.54) is 13.3 Å². The molecule has 0 fully saturated rings. The first kappa shape index (κ1) is 30.9. The van der Waals surface area contributed by atoms with Crippen LogP contribution in [-0.4, -0.2) is 44.4 Å². The third kappa shape index (κ3) is 8.26. The summed E-state index contributed by atoms with van der Waals surface area (Å²) >= 11 is 6.15. The zero-order valence-electron chi connectivity index (χ0n) is 23.8. The Morgan fingerprint density at radius 3 is 2.53 bits per heavy atom. The number of rotatable bonds is 12. The van der Waals surface area contributed by atoms with Gasteiger partial charge in [0, 0.05) is 16.3 Å². The Labute approximate surface area is 253 Å². The van der Waals surface area contributed by atoms with Crippen LogP contribution in [-0.2, 0) is 20.9 Å². The van der Waals surface area contributed by atoms with Gasteiger partial charge in [0.2, 0.25) is 0 Å². The van der Waals surface area contributed by atoms with Crippen LogP contribution in [0.2, 0.25) is 5.02 Å². The van der Waals surface area contributed by atoms with Crippen LogP contribution in [0.25, 0.3) is 0 Å². The molecule has 11 nitrogen and oxygen atoms in total. The van der Waals surface area contributed by atoms with E-state index in [9.17, 15) is 14.4 Å². The number of nitrogens with zero attached hydrogens (tertiary/aromatic N) is 1. The molecule has 1 aliphatic heterocycles. The number of carbonyl (C=O) groups excluding carboxylic acids is 3. The second kappa shape index (κ2) is 14.7. The molecular weight excluding hydrogens is 576 g/mol. The second-order valence-electron chi connectivity index (χ2n) is 9.24. The molecule has 0 saturated carbocycles. The topological polar surface area (TPSA) is 137 Å². The fourth-order valence-electron chi connectivity index (χ4n) is 4.24. The summed E-state index contributed by atoms with van der Waals surface area (Å²) in [5.74, 6) is 0.0390. The van der Waals surface area contributed by atoms with Crippen LogP contribution in [0.3, 0.4) is 0 Å². The molecule has 4 rings (SSSR count). The Balaban J connectivity index is 1.39. The van der Waals surface area contributed by atoms with Gasteiger partial charge < -0.3 is 29.6 Å². The van der Waals surface area contributed by atoms with Crippen LogP contribution >= 0.6 is 11.6 Å². The van der Waals surface area contributed by atoms with E-state index >= 15 is 0 Å². The summed E-state index contributed by atoms with van der Waals surface area (Å²) in [4.78, 5) is 37.2. The maximum Gasteiger partial charge on any atom is 0.338 e. The summed E-state index contributed by atoms with van der Waals surface area (Å²) < 4.78 is 22.2. The van der Waals surface area contributed by atoms with Crippen molar-refractivity contribution in [1.29, 1.82) is 0 Å². The first-order chi connectivity index (χ1) is 20.8. The number of urea groups is 1. The summed E-state index contributed by atoms with van der Waals surface area (Å²) in [6, 6.07) is 18.4. The zero-order valence-corrected chi connectivity index (χ0v) is 24.6. The highest BCUT2D eigenvalue weighted by molar-refractivity contribution is 6.30. The molecule has 1 aliphatic rings. The van der Waals surface area contributed by atoms with Gasteiger partial charge in [0.25, 0.3) is 5.91 Å². The fraction of sp³-hybridized carbons (Fsp3) is 0.226. The number of carbonyl (C=O) groups is 3. The summed E-state index contributed by atoms with van der Waals surface area (Å²) in [5.41, 5.74) is 5.21. The molecular formula is C31H31ClN4O7. The summed E-state index contributed by atoms with van der Waals surface area (Å²) in [6.45, 7) is 3.50. The summed E-state index contributed by atoms with van der Waals surface area (Å²) in [6.07, 6.45) is 1.43. The predicted molar refractivity (Wildman–Crippen MR) is 160 cm³/mol. The molecule has 3 amide bonds. The van der Waals surface area contributed by atoms with Gasteiger partial charge in [-0.2, -0.15) is 5.10 Å². The Morgan fingerprint density at radius 1 is 1.02 bits per heavy atom. The molecule has 43 heavy (non-hydrogen) atoms. The minimum absolute atomic E-state index is 0.181. The molecule has 12 heteroatoms. The van der Waals surface area contributed by atoms with Crippen molar-refractivity contribution in [3.05, 3.63) is 99.7 Å². The first-order valence-electron chi connectivity index (χ1n) is 13.3. The molecule has 3 N–H and O–H groups in total. The standard InChI is InChI=1S/C31H31ClN4O7/c1-4-41-30(38)28-19(2)34-31(39)35-29(28)21-10-12-25(26(15-21)40-3)43-18-27(37)36-33-16-22-14-23(32)11-13-24(22)42-17-20-8-6-5-7-9-20/h5-16,29H,4,17-18H2,1-3H3,(H,36,37)(H2,34,35,39)/b33-16+/t29-/m1/s1. The zero-order chi connectivity index (χ0) is 30.8. The van der Waals surface area contributed by atoms with E-state index in [4.69, 9.17) is 30.5 Å². The number of ether oxygens (including phenoxy) is 4. The molecule has 3 aromatic rings. The summed E-state index contributed by atoms with van der Waals surface area (Å²) in [7, 11) is 1.44. The predicted octanol–water partition coefficient (Wildman–Crippen LogP) is 4.65. The Kier molecular flexibility index (Phi) is 10.6. The average Bonchev–Trinajstić information content (AvgIpc) is 2.99. The van der Waals surface area contributed by atoms with Crippen LogP contribution in [0.4, 0.5) is 4.79 Å². The summed E-state index contributed by atoms with van der Waals surface area (Å²) in [5, 5.41) is 9.82. The molecule has 0 aromatic heterocycles. The molecule has 0 unspecified atom stereocenters. The van der Waals surface area contributed by atoms with Gasteiger partial charge in [0.15, 0.2) is 18.1 Å². The van der Waals surface area contributed by atoms with Gasteiger partial charge in [0.05, 0.1) is 31.5 Å². The molecule has 0 aliphatic carbocycles. The van der Waals surface area contributed by atoms with E-state index in [0.717, 1.165) is 5.56 Å². The lowest BCUT2D eigenvalue weighted by Crippen LogP contribution is -2.45. The molecule has 3 aromatic carbocycles. The van der Waals surface area contributed by atoms with Gasteiger partial charge in [-0.25, -0.2) is 15.0 Å². The first-order valence-corrected chi connectivity index (χ1v) is 13.7. The Morgan fingerprint density at radius 2 is 1.79 bits per heavy atom. The quantitative estimate of drug-likeness (QED) is 0.155. The van der Waals surface area contributed by atoms with Gasteiger partial charge in [-0.3, -0.25) is 4.79 Å². The Bertz CT molecular complexity index is 1540. The average molecular weight is 607 g/mol. The highest BCUT2D eigenvalue weighted by Crippen LogP contribution is 2.34. The van der Waals surface area contributed by atoms with Crippen LogP contribution < -0.4 is 30.3 Å². The van der Waals surface area contributed by atoms with Gasteiger partial charge in [-0.05, 0) is 55.3 Å². The fourth-order valence-corrected chi connectivity index (χ4v) is 4.42. The number of halogens is 1. The monoisotopic (exact) mass is 606 g/mol. The number of methoxy groups -OCH3 is 1. The molecule has 224 valence electrons. The Hall–Kier alpha value is -5.03. The molecule has 0 spiro atoms. The van der Waals surface area contributed by atoms with Crippen molar-refractivity contribution in [1.82, 2.24) is 16.1 Å². The van der Waals surface area contributed by atoms with E-state index < -0.39 is 23.9 Å². The lowest BCUT2D eigenvalue weighted by Gasteiger charge is -2.28. The smallest absolute Gasteiger partial charge is 0.338 e. The SMILES string of the molecule is CCOC(=O)C1=C(C)NC(=O)N[C@@H]1c1ccc(OCC(=O)N/N=C/c2cc(Cl)ccc2OCc2ccccc2)c(OC)c1. The molecule has 1 heterocycles. The molecule has 1 atom stereocenters. The van der Waals surface area contributed by atoms with Crippen molar-refractivity contribution < 1.29 is 33.3 Å². The maximum atomic E-state index is 12.6. The number of esters is 1. The lowest BCUT2D eigenvalue weighted by molar-refractivity contribution is -0.139. The van der Waals surface area contributed by atoms with Crippen molar-refractivity contribution in [2.75, 3.05) is 20.3 Å². The number of hydrogen-bond donors (Lipinski definition) is 3. The van der Waals surface area contributed by atoms with E-state index in [1.807, 2.05) is 30.3 Å². The minimum atomic E-state index is -0.776. The van der Waals surface area contributed by atoms with Crippen molar-refractivity contribution in [3.8, 4) is 17.2 Å². The van der Waals surface area contributed by atoms with E-state index in [2.05, 4.69) is 21.2 Å². The third-order valence-electron chi connectivity index (χ3n) is 6.25. The van der Waals surface area contributed by atoms with Gasteiger partial charge >= 0.3 is 12.0 Å². The molecule has 0 bridgehead atoms. The maximum absolute atomic E-state index is 12.6. The van der Waals surface area contributed by atoms with Gasteiger partial charge in [-0.15, -0.1) is 0 Å². The van der Waals surface area contributed by atoms with Crippen LogP contribution in [0, 0.1) is 0 Å². The number of allylic oxidation sites excluding steroid dienone is 1. The van der Waals surface area contributed by atoms with Crippen molar-refractivity contribution in [3.63, 3.8) is 0 Å². The van der Waals surface area contributed by atoms with Crippen LogP contribution in [0.5, 0.6) is 17.2 Å². The van der Waals surface area contributed by atoms with Crippen molar-refractivity contribution in [2.45, 2.75) is 26.5 Å². The van der Waals surface area contributed by atoms with E-state index in [1.54, 1.807) is 50.2 Å². The lowest BCUT2D eigenvalue weighted by atomic mass is 9.95. The van der Waals surface area contributed by atoms with Gasteiger partial charge in [-0.1, -0.05) is 48.0 Å². The van der Waals surface area contributed by atoms with Crippen LogP contribution in [0.1, 0.15) is 36.6 Å². The number of hydrazone groups is 1. The third-order valence-corrected chi connectivity index (χ3v) is 6.48. The van der Waals surface area contributed by atoms with Crippen molar-refractivity contribution in [2.24, 2.45) is 5.10 Å². The van der Waals surface area contributed by atoms with Gasteiger partial charge in [0.1, 0.15) is 12.4 Å². The number of nitrogens with one attached hydrogen (secondary N) is 3. The van der Waals surface area contributed by atoms with E-state index in [0.29, 0.717) is 40.0 Å². The highest BCUT2D eigenvalue weighted by atomic mass is 35.5. The number of amides is 3. The van der Waals surface area contributed by atoms with Crippen LogP contribution in [0.15, 0.2) is 83.1 Å². The molecule has 0 saturated heterocycles. The van der Waals surface area contributed by atoms with E-state index in [-0.39, 0.29) is 24.5 Å². The number of benzene rings is 3. The normalized spacial score (nSPS) is 14.5. The number of hydrogen-bond acceptors (Lipinski definition) is 8. The second-order valence-corrected chi connectivity index (χ2v) is 9.68. The highest BCUT2D eigenvalue weighted by Gasteiger charge is 2.32. The largest absolute Gasteiger partial charge is 0.493 e.